The highest BCUT2D eigenvalue weighted by Crippen LogP contribution is 2.32. The number of piperidine rings is 1. The minimum Gasteiger partial charge on any atom is -0.367 e. The van der Waals surface area contributed by atoms with Gasteiger partial charge in [-0.2, -0.15) is 0 Å². The van der Waals surface area contributed by atoms with Crippen LogP contribution in [0.25, 0.3) is 21.8 Å². The topological polar surface area (TPSA) is 35.5 Å². The Labute approximate surface area is 197 Å². The molecule has 174 valence electrons. The molecule has 0 unspecified atom stereocenters. The molecule has 0 bridgehead atoms. The predicted octanol–water partition coefficient (Wildman–Crippen LogP) is 4.85. The number of hydrogen-bond acceptors (Lipinski definition) is 5. The molecule has 5 nitrogen and oxygen atoms in total. The predicted molar refractivity (Wildman–Crippen MR) is 132 cm³/mol. The fourth-order valence-corrected chi connectivity index (χ4v) is 5.57. The van der Waals surface area contributed by atoms with Gasteiger partial charge < -0.3 is 9.80 Å². The molecule has 0 atom stereocenters. The molecule has 6 rings (SSSR count). The number of aromatic nitrogens is 2. The number of benzene rings is 2. The monoisotopic (exact) mass is 459 g/mol. The summed E-state index contributed by atoms with van der Waals surface area (Å²) < 4.78 is 29.0. The Morgan fingerprint density at radius 1 is 0.706 bits per heavy atom. The zero-order valence-electron chi connectivity index (χ0n) is 19.0. The van der Waals surface area contributed by atoms with E-state index in [1.807, 2.05) is 24.3 Å². The smallest absolute Gasteiger partial charge is 0.148 e. The molecule has 0 spiro atoms. The van der Waals surface area contributed by atoms with Gasteiger partial charge in [0.25, 0.3) is 0 Å². The van der Waals surface area contributed by atoms with Crippen molar-refractivity contribution < 1.29 is 8.78 Å². The number of hydrogen-bond donors (Lipinski definition) is 0. The van der Waals surface area contributed by atoms with E-state index in [2.05, 4.69) is 24.7 Å². The van der Waals surface area contributed by atoms with Crippen LogP contribution in [0.5, 0.6) is 0 Å². The second-order valence-electron chi connectivity index (χ2n) is 9.21. The molecule has 4 aromatic rings. The fraction of sp³-hybridized carbons (Fsp3) is 0.333. The number of nitrogens with zero attached hydrogens (tertiary/aromatic N) is 5. The first-order chi connectivity index (χ1) is 16.7. The van der Waals surface area contributed by atoms with Crippen molar-refractivity contribution in [1.29, 1.82) is 0 Å². The van der Waals surface area contributed by atoms with Gasteiger partial charge >= 0.3 is 0 Å². The summed E-state index contributed by atoms with van der Waals surface area (Å²) in [4.78, 5) is 15.9. The quantitative estimate of drug-likeness (QED) is 0.438. The Hall–Kier alpha value is -3.32. The van der Waals surface area contributed by atoms with Crippen LogP contribution in [0.3, 0.4) is 0 Å². The minimum atomic E-state index is -0.222. The lowest BCUT2D eigenvalue weighted by atomic mass is 10.0. The molecule has 2 aliphatic rings. The first-order valence-corrected chi connectivity index (χ1v) is 12.0. The van der Waals surface area contributed by atoms with Crippen molar-refractivity contribution in [3.05, 3.63) is 72.6 Å². The zero-order chi connectivity index (χ0) is 23.1. The molecule has 2 saturated heterocycles. The average Bonchev–Trinajstić information content (AvgIpc) is 2.88. The number of anilines is 2. The van der Waals surface area contributed by atoms with Gasteiger partial charge in [0.1, 0.15) is 11.6 Å². The van der Waals surface area contributed by atoms with Gasteiger partial charge in [-0.05, 0) is 49.2 Å². The highest BCUT2D eigenvalue weighted by atomic mass is 19.1. The standard InChI is InChI=1S/C27H27F2N5/c28-21-17-20-4-2-9-30-25(20)24(18-21)33-15-13-32(14-16-33)22-7-11-34(12-8-22)27-23(29)6-5-19-3-1-10-31-26(19)27/h1-6,9-10,17-18,22H,7-8,11-16H2. The number of piperazine rings is 1. The van der Waals surface area contributed by atoms with Gasteiger partial charge in [0.05, 0.1) is 22.4 Å². The van der Waals surface area contributed by atoms with Crippen molar-refractivity contribution in [2.24, 2.45) is 0 Å². The van der Waals surface area contributed by atoms with Gasteiger partial charge in [-0.25, -0.2) is 8.78 Å². The molecule has 0 radical (unpaired) electrons. The van der Waals surface area contributed by atoms with Crippen molar-refractivity contribution in [3.8, 4) is 0 Å². The summed E-state index contributed by atoms with van der Waals surface area (Å²) in [6.07, 6.45) is 5.48. The van der Waals surface area contributed by atoms with Crippen LogP contribution < -0.4 is 9.80 Å². The van der Waals surface area contributed by atoms with Crippen LogP contribution in [0.4, 0.5) is 20.2 Å². The van der Waals surface area contributed by atoms with Crippen molar-refractivity contribution >= 4 is 33.2 Å². The Bertz CT molecular complexity index is 1330. The van der Waals surface area contributed by atoms with Gasteiger partial charge in [0.2, 0.25) is 0 Å². The van der Waals surface area contributed by atoms with E-state index in [0.717, 1.165) is 79.6 Å². The first-order valence-electron chi connectivity index (χ1n) is 12.0. The summed E-state index contributed by atoms with van der Waals surface area (Å²) in [5.41, 5.74) is 3.11. The van der Waals surface area contributed by atoms with Gasteiger partial charge in [-0.15, -0.1) is 0 Å². The summed E-state index contributed by atoms with van der Waals surface area (Å²) in [5, 5.41) is 1.80. The maximum atomic E-state index is 14.8. The maximum absolute atomic E-state index is 14.8. The Morgan fingerprint density at radius 3 is 2.18 bits per heavy atom. The SMILES string of the molecule is Fc1cc(N2CCN(C3CCN(c4c(F)ccc5cccnc45)CC3)CC2)c2ncccc2c1. The lowest BCUT2D eigenvalue weighted by molar-refractivity contribution is 0.160. The lowest BCUT2D eigenvalue weighted by Crippen LogP contribution is -2.53. The van der Waals surface area contributed by atoms with Crippen LogP contribution in [-0.2, 0) is 0 Å². The van der Waals surface area contributed by atoms with Gasteiger partial charge in [0.15, 0.2) is 0 Å². The molecular formula is C27H27F2N5. The molecule has 7 heteroatoms. The normalized spacial score (nSPS) is 18.2. The largest absolute Gasteiger partial charge is 0.367 e. The van der Waals surface area contributed by atoms with Crippen LogP contribution in [0.2, 0.25) is 0 Å². The zero-order valence-corrected chi connectivity index (χ0v) is 19.0. The molecule has 2 aromatic carbocycles. The van der Waals surface area contributed by atoms with Gasteiger partial charge in [0, 0.05) is 68.5 Å². The van der Waals surface area contributed by atoms with Crippen LogP contribution in [-0.4, -0.2) is 60.2 Å². The first kappa shape index (κ1) is 21.2. The number of rotatable bonds is 3. The van der Waals surface area contributed by atoms with E-state index >= 15 is 0 Å². The van der Waals surface area contributed by atoms with Crippen LogP contribution in [0.1, 0.15) is 12.8 Å². The highest BCUT2D eigenvalue weighted by molar-refractivity contribution is 5.91. The number of fused-ring (bicyclic) bond motifs is 2. The molecule has 2 aliphatic heterocycles. The van der Waals surface area contributed by atoms with E-state index in [0.29, 0.717) is 11.7 Å². The van der Waals surface area contributed by atoms with Crippen molar-refractivity contribution in [1.82, 2.24) is 14.9 Å². The molecule has 4 heterocycles. The third-order valence-corrected chi connectivity index (χ3v) is 7.30. The second-order valence-corrected chi connectivity index (χ2v) is 9.21. The molecule has 0 N–H and O–H groups in total. The van der Waals surface area contributed by atoms with Crippen LogP contribution in [0.15, 0.2) is 60.9 Å². The molecule has 0 aliphatic carbocycles. The van der Waals surface area contributed by atoms with E-state index in [1.165, 1.54) is 0 Å². The number of halogens is 2. The maximum Gasteiger partial charge on any atom is 0.148 e. The van der Waals surface area contributed by atoms with E-state index in [9.17, 15) is 8.78 Å². The lowest BCUT2D eigenvalue weighted by Gasteiger charge is -2.44. The Kier molecular flexibility index (Phi) is 5.49. The molecule has 0 amide bonds. The molecule has 2 fully saturated rings. The van der Waals surface area contributed by atoms with Crippen molar-refractivity contribution in [2.45, 2.75) is 18.9 Å². The summed E-state index contributed by atoms with van der Waals surface area (Å²) in [5.74, 6) is -0.422. The third kappa shape index (κ3) is 3.84. The Balaban J connectivity index is 1.12. The van der Waals surface area contributed by atoms with E-state index in [-0.39, 0.29) is 11.6 Å². The van der Waals surface area contributed by atoms with E-state index < -0.39 is 0 Å². The summed E-state index contributed by atoms with van der Waals surface area (Å²) >= 11 is 0. The fourth-order valence-electron chi connectivity index (χ4n) is 5.57. The van der Waals surface area contributed by atoms with Crippen LogP contribution in [0, 0.1) is 11.6 Å². The average molecular weight is 460 g/mol. The molecular weight excluding hydrogens is 432 g/mol. The van der Waals surface area contributed by atoms with Gasteiger partial charge in [-0.3, -0.25) is 14.9 Å². The van der Waals surface area contributed by atoms with Gasteiger partial charge in [-0.1, -0.05) is 12.1 Å². The Morgan fingerprint density at radius 2 is 1.41 bits per heavy atom. The molecule has 2 aromatic heterocycles. The summed E-state index contributed by atoms with van der Waals surface area (Å²) in [6, 6.07) is 14.6. The molecule has 0 saturated carbocycles. The van der Waals surface area contributed by atoms with Crippen LogP contribution >= 0.6 is 0 Å². The third-order valence-electron chi connectivity index (χ3n) is 7.30. The van der Waals surface area contributed by atoms with E-state index in [1.54, 1.807) is 36.7 Å². The van der Waals surface area contributed by atoms with Crippen molar-refractivity contribution in [2.75, 3.05) is 49.1 Å². The second kappa shape index (κ2) is 8.80. The highest BCUT2D eigenvalue weighted by Gasteiger charge is 2.29. The summed E-state index contributed by atoms with van der Waals surface area (Å²) in [6.45, 7) is 5.18. The van der Waals surface area contributed by atoms with Crippen molar-refractivity contribution in [3.63, 3.8) is 0 Å². The molecule has 34 heavy (non-hydrogen) atoms. The summed E-state index contributed by atoms with van der Waals surface area (Å²) in [7, 11) is 0. The van der Waals surface area contributed by atoms with E-state index in [4.69, 9.17) is 0 Å². The number of pyridine rings is 2. The minimum absolute atomic E-state index is 0.200.